The van der Waals surface area contributed by atoms with E-state index >= 15 is 4.39 Å². The summed E-state index contributed by atoms with van der Waals surface area (Å²) in [5.74, 6) is -1.50. The Bertz CT molecular complexity index is 1460. The van der Waals surface area contributed by atoms with Crippen LogP contribution in [-0.4, -0.2) is 40.4 Å². The highest BCUT2D eigenvalue weighted by molar-refractivity contribution is 7.81. The van der Waals surface area contributed by atoms with E-state index in [1.165, 1.54) is 43.0 Å². The minimum absolute atomic E-state index is 0.00260. The normalized spacial score (nSPS) is 17.8. The minimum Gasteiger partial charge on any atom is -0.488 e. The summed E-state index contributed by atoms with van der Waals surface area (Å²) >= 11 is 5.49. The fraction of sp³-hybridized carbons (Fsp3) is 0.429. The Morgan fingerprint density at radius 2 is 1.76 bits per heavy atom. The number of rotatable bonds is 6. The van der Waals surface area contributed by atoms with Gasteiger partial charge in [-0.15, -0.1) is 0 Å². The number of amides is 2. The molecule has 13 heteroatoms. The molecule has 0 bridgehead atoms. The summed E-state index contributed by atoms with van der Waals surface area (Å²) in [7, 11) is 0. The lowest BCUT2D eigenvalue weighted by Gasteiger charge is -2.29. The maximum Gasteiger partial charge on any atom is 0.417 e. The van der Waals surface area contributed by atoms with Gasteiger partial charge in [-0.25, -0.2) is 9.18 Å². The van der Waals surface area contributed by atoms with Gasteiger partial charge in [0.1, 0.15) is 17.7 Å². The van der Waals surface area contributed by atoms with E-state index in [9.17, 15) is 22.8 Å². The molecular weight excluding hydrogens is 564 g/mol. The van der Waals surface area contributed by atoms with E-state index in [4.69, 9.17) is 27.0 Å². The second kappa shape index (κ2) is 10.2. The molecule has 4 rings (SSSR count). The number of hydrogen-bond acceptors (Lipinski definition) is 6. The number of alkyl carbamates (subject to hydrolysis) is 1. The van der Waals surface area contributed by atoms with Crippen LogP contribution in [0.25, 0.3) is 0 Å². The molecule has 0 unspecified atom stereocenters. The molecule has 1 saturated heterocycles. The molecule has 1 saturated carbocycles. The Labute approximate surface area is 239 Å². The van der Waals surface area contributed by atoms with Crippen LogP contribution >= 0.6 is 12.2 Å². The largest absolute Gasteiger partial charge is 0.488 e. The highest BCUT2D eigenvalue weighted by Gasteiger charge is 2.51. The number of carbonyl (C=O) groups is 2. The van der Waals surface area contributed by atoms with Crippen LogP contribution in [-0.2, 0) is 15.7 Å². The molecule has 0 radical (unpaired) electrons. The number of carbonyl (C=O) groups excluding carboxylic acids is 2. The van der Waals surface area contributed by atoms with Crippen LogP contribution in [0.1, 0.15) is 58.6 Å². The molecule has 0 atom stereocenters. The van der Waals surface area contributed by atoms with Crippen LogP contribution in [0.15, 0.2) is 36.4 Å². The van der Waals surface area contributed by atoms with E-state index in [1.807, 2.05) is 0 Å². The lowest BCUT2D eigenvalue weighted by Crippen LogP contribution is -2.44. The van der Waals surface area contributed by atoms with E-state index in [-0.39, 0.29) is 28.8 Å². The van der Waals surface area contributed by atoms with Gasteiger partial charge in [0.2, 0.25) is 0 Å². The van der Waals surface area contributed by atoms with Crippen LogP contribution in [0, 0.1) is 17.1 Å². The molecule has 41 heavy (non-hydrogen) atoms. The van der Waals surface area contributed by atoms with Gasteiger partial charge in [-0.1, -0.05) is 0 Å². The molecule has 1 aliphatic heterocycles. The Morgan fingerprint density at radius 1 is 1.12 bits per heavy atom. The van der Waals surface area contributed by atoms with Gasteiger partial charge in [0.05, 0.1) is 28.4 Å². The third-order valence-electron chi connectivity index (χ3n) is 6.65. The van der Waals surface area contributed by atoms with Crippen molar-refractivity contribution in [3.05, 3.63) is 53.3 Å². The maximum atomic E-state index is 15.2. The van der Waals surface area contributed by atoms with Crippen molar-refractivity contribution < 1.29 is 36.6 Å². The van der Waals surface area contributed by atoms with Crippen molar-refractivity contribution in [2.24, 2.45) is 0 Å². The number of alkyl halides is 3. The summed E-state index contributed by atoms with van der Waals surface area (Å²) in [6.07, 6.45) is -4.17. The molecule has 0 aromatic heterocycles. The number of ether oxygens (including phenoxy) is 2. The van der Waals surface area contributed by atoms with E-state index in [1.54, 1.807) is 20.8 Å². The summed E-state index contributed by atoms with van der Waals surface area (Å²) in [5, 5.41) is 11.7. The first-order chi connectivity index (χ1) is 18.9. The van der Waals surface area contributed by atoms with E-state index < -0.39 is 51.8 Å². The van der Waals surface area contributed by atoms with E-state index in [0.29, 0.717) is 18.9 Å². The molecule has 2 aromatic rings. The van der Waals surface area contributed by atoms with E-state index in [0.717, 1.165) is 17.0 Å². The molecule has 2 fully saturated rings. The van der Waals surface area contributed by atoms with Gasteiger partial charge in [-0.05, 0) is 90.0 Å². The number of benzene rings is 2. The summed E-state index contributed by atoms with van der Waals surface area (Å²) in [5.41, 5.74) is -4.52. The van der Waals surface area contributed by atoms with Gasteiger partial charge < -0.3 is 19.7 Å². The zero-order valence-electron chi connectivity index (χ0n) is 23.0. The van der Waals surface area contributed by atoms with Crippen molar-refractivity contribution in [3.8, 4) is 11.8 Å². The molecule has 2 amide bonds. The molecule has 1 heterocycles. The number of nitrogens with one attached hydrogen (secondary N) is 1. The van der Waals surface area contributed by atoms with Crippen molar-refractivity contribution in [3.63, 3.8) is 0 Å². The maximum absolute atomic E-state index is 15.2. The topological polar surface area (TPSA) is 94.9 Å². The fourth-order valence-electron chi connectivity index (χ4n) is 4.40. The lowest BCUT2D eigenvalue weighted by molar-refractivity contribution is -0.137. The van der Waals surface area contributed by atoms with Crippen LogP contribution in [0.2, 0.25) is 0 Å². The molecule has 1 N–H and O–H groups in total. The quantitative estimate of drug-likeness (QED) is 0.322. The average Bonchev–Trinajstić information content (AvgIpc) is 3.57. The number of nitriles is 1. The second-order valence-corrected chi connectivity index (χ2v) is 11.8. The molecule has 2 aliphatic rings. The predicted octanol–water partition coefficient (Wildman–Crippen LogP) is 6.07. The van der Waals surface area contributed by atoms with Crippen molar-refractivity contribution in [1.29, 1.82) is 5.26 Å². The van der Waals surface area contributed by atoms with Crippen LogP contribution in [0.5, 0.6) is 5.75 Å². The van der Waals surface area contributed by atoms with Gasteiger partial charge in [0.15, 0.2) is 16.7 Å². The van der Waals surface area contributed by atoms with Gasteiger partial charge in [0.25, 0.3) is 5.91 Å². The van der Waals surface area contributed by atoms with Gasteiger partial charge >= 0.3 is 12.3 Å². The summed E-state index contributed by atoms with van der Waals surface area (Å²) in [4.78, 5) is 27.8. The zero-order chi connectivity index (χ0) is 30.5. The Hall–Kier alpha value is -3.92. The third kappa shape index (κ3) is 6.07. The van der Waals surface area contributed by atoms with Crippen molar-refractivity contribution in [1.82, 2.24) is 5.32 Å². The average molecular weight is 593 g/mol. The van der Waals surface area contributed by atoms with Gasteiger partial charge in [0, 0.05) is 11.8 Å². The molecule has 0 spiro atoms. The standard InChI is InChI=1S/C28H28F4N4O4S/c1-25(2,3)40-23(38)34-27(10-11-27)15-39-21-9-8-18(13-20(21)29)36-24(41)35(22(37)26(36,4)5)17-7-6-16(14-33)19(12-17)28(30,31)32/h6-9,12-13H,10-11,15H2,1-5H3,(H,34,38). The van der Waals surface area contributed by atoms with Gasteiger partial charge in [-0.2, -0.15) is 18.4 Å². The number of nitrogens with zero attached hydrogens (tertiary/aromatic N) is 3. The Balaban J connectivity index is 1.54. The number of thiocarbonyl (C=S) groups is 1. The second-order valence-electron chi connectivity index (χ2n) is 11.5. The Kier molecular flexibility index (Phi) is 7.45. The van der Waals surface area contributed by atoms with Crippen LogP contribution in [0.4, 0.5) is 33.7 Å². The first kappa shape index (κ1) is 30.0. The highest BCUT2D eigenvalue weighted by atomic mass is 32.1. The third-order valence-corrected chi connectivity index (χ3v) is 7.02. The lowest BCUT2D eigenvalue weighted by atomic mass is 10.0. The first-order valence-electron chi connectivity index (χ1n) is 12.6. The van der Waals surface area contributed by atoms with Crippen molar-refractivity contribution in [2.75, 3.05) is 16.4 Å². The number of halogens is 4. The smallest absolute Gasteiger partial charge is 0.417 e. The van der Waals surface area contributed by atoms with Crippen molar-refractivity contribution in [2.45, 2.75) is 70.3 Å². The molecular formula is C28H28F4N4O4S. The molecule has 218 valence electrons. The van der Waals surface area contributed by atoms with Gasteiger partial charge in [-0.3, -0.25) is 9.69 Å². The summed E-state index contributed by atoms with van der Waals surface area (Å²) < 4.78 is 66.8. The molecule has 8 nitrogen and oxygen atoms in total. The zero-order valence-corrected chi connectivity index (χ0v) is 23.8. The number of anilines is 2. The SMILES string of the molecule is CC(C)(C)OC(=O)NC1(COc2ccc(N3C(=S)N(c4ccc(C#N)c(C(F)(F)F)c4)C(=O)C3(C)C)cc2F)CC1. The van der Waals surface area contributed by atoms with Crippen molar-refractivity contribution >= 4 is 40.7 Å². The Morgan fingerprint density at radius 3 is 2.29 bits per heavy atom. The highest BCUT2D eigenvalue weighted by Crippen LogP contribution is 2.41. The fourth-order valence-corrected chi connectivity index (χ4v) is 4.92. The van der Waals surface area contributed by atoms with E-state index in [2.05, 4.69) is 5.32 Å². The minimum atomic E-state index is -4.83. The predicted molar refractivity (Wildman–Crippen MR) is 146 cm³/mol. The molecule has 1 aliphatic carbocycles. The van der Waals surface area contributed by atoms with Crippen LogP contribution in [0.3, 0.4) is 0 Å². The summed E-state index contributed by atoms with van der Waals surface area (Å²) in [6.45, 7) is 8.25. The molecule has 2 aromatic carbocycles. The number of hydrogen-bond donors (Lipinski definition) is 1. The first-order valence-corrected chi connectivity index (χ1v) is 13.0. The monoisotopic (exact) mass is 592 g/mol. The summed E-state index contributed by atoms with van der Waals surface area (Å²) in [6, 6.07) is 8.31. The van der Waals surface area contributed by atoms with Crippen LogP contribution < -0.4 is 19.9 Å².